The zero-order chi connectivity index (χ0) is 12.9. The molecular weight excluding hydrogens is 232 g/mol. The second kappa shape index (κ2) is 5.70. The summed E-state index contributed by atoms with van der Waals surface area (Å²) in [6.45, 7) is 2.40. The van der Waals surface area contributed by atoms with Crippen LogP contribution in [0.3, 0.4) is 0 Å². The molecule has 1 aliphatic heterocycles. The van der Waals surface area contributed by atoms with E-state index >= 15 is 0 Å². The van der Waals surface area contributed by atoms with Gasteiger partial charge in [0.25, 0.3) is 0 Å². The van der Waals surface area contributed by atoms with Gasteiger partial charge in [-0.05, 0) is 48.2 Å². The summed E-state index contributed by atoms with van der Waals surface area (Å²) in [6.07, 6.45) is 10.5. The fourth-order valence-corrected chi connectivity index (χ4v) is 2.44. The third-order valence-corrected chi connectivity index (χ3v) is 3.54. The van der Waals surface area contributed by atoms with Gasteiger partial charge in [-0.15, -0.1) is 0 Å². The minimum atomic E-state index is 1.18. The predicted molar refractivity (Wildman–Crippen MR) is 81.1 cm³/mol. The summed E-state index contributed by atoms with van der Waals surface area (Å²) in [5.41, 5.74) is 3.76. The van der Waals surface area contributed by atoms with E-state index in [1.54, 1.807) is 0 Å². The normalized spacial score (nSPS) is 15.3. The van der Waals surface area contributed by atoms with Crippen LogP contribution in [0.15, 0.2) is 48.8 Å². The second-order valence-electron chi connectivity index (χ2n) is 4.90. The van der Waals surface area contributed by atoms with Gasteiger partial charge in [-0.1, -0.05) is 24.3 Å². The average Bonchev–Trinajstić information content (AvgIpc) is 3.01. The quantitative estimate of drug-likeness (QED) is 0.822. The van der Waals surface area contributed by atoms with Crippen LogP contribution >= 0.6 is 0 Å². The average molecular weight is 250 g/mol. The molecule has 1 saturated heterocycles. The van der Waals surface area contributed by atoms with E-state index in [9.17, 15) is 0 Å². The molecule has 0 amide bonds. The first-order valence-corrected chi connectivity index (χ1v) is 6.85. The lowest BCUT2D eigenvalue weighted by molar-refractivity contribution is 0.949. The third kappa shape index (κ3) is 3.02. The molecule has 0 radical (unpaired) electrons. The Bertz CT molecular complexity index is 537. The van der Waals surface area contributed by atoms with Gasteiger partial charge < -0.3 is 4.90 Å². The molecule has 2 aromatic rings. The van der Waals surface area contributed by atoms with E-state index in [0.29, 0.717) is 0 Å². The van der Waals surface area contributed by atoms with Crippen LogP contribution in [-0.4, -0.2) is 18.1 Å². The predicted octanol–water partition coefficient (Wildman–Crippen LogP) is 3.85. The lowest BCUT2D eigenvalue weighted by atomic mass is 10.1. The van der Waals surface area contributed by atoms with Gasteiger partial charge in [0.1, 0.15) is 0 Å². The maximum atomic E-state index is 4.02. The second-order valence-corrected chi connectivity index (χ2v) is 4.90. The molecule has 96 valence electrons. The van der Waals surface area contributed by atoms with Gasteiger partial charge in [0.05, 0.1) is 0 Å². The first-order chi connectivity index (χ1) is 9.42. The van der Waals surface area contributed by atoms with Gasteiger partial charge in [-0.2, -0.15) is 0 Å². The van der Waals surface area contributed by atoms with E-state index in [4.69, 9.17) is 0 Å². The Morgan fingerprint density at radius 1 is 0.789 bits per heavy atom. The molecule has 3 rings (SSSR count). The summed E-state index contributed by atoms with van der Waals surface area (Å²) in [5.74, 6) is 0. The van der Waals surface area contributed by atoms with Crippen LogP contribution in [-0.2, 0) is 0 Å². The fourth-order valence-electron chi connectivity index (χ4n) is 2.44. The molecule has 0 atom stereocenters. The largest absolute Gasteiger partial charge is 0.372 e. The van der Waals surface area contributed by atoms with Crippen molar-refractivity contribution in [1.29, 1.82) is 0 Å². The van der Waals surface area contributed by atoms with Crippen LogP contribution < -0.4 is 4.90 Å². The SMILES string of the molecule is C(=C\c1ccc(N2CCCC2)cc1)/c1ccncc1. The van der Waals surface area contributed by atoms with Gasteiger partial charge in [-0.3, -0.25) is 4.98 Å². The highest BCUT2D eigenvalue weighted by molar-refractivity contribution is 5.70. The van der Waals surface area contributed by atoms with Crippen LogP contribution in [0.5, 0.6) is 0 Å². The standard InChI is InChI=1S/C17H18N2/c1-2-14-19(13-1)17-7-5-15(6-8-17)3-4-16-9-11-18-12-10-16/h3-12H,1-2,13-14H2/b4-3+. The molecule has 2 heteroatoms. The monoisotopic (exact) mass is 250 g/mol. The van der Waals surface area contributed by atoms with Crippen LogP contribution in [0.4, 0.5) is 5.69 Å². The van der Waals surface area contributed by atoms with E-state index in [-0.39, 0.29) is 0 Å². The first kappa shape index (κ1) is 12.0. The molecule has 0 N–H and O–H groups in total. The molecule has 1 fully saturated rings. The number of nitrogens with zero attached hydrogens (tertiary/aromatic N) is 2. The molecule has 2 nitrogen and oxygen atoms in total. The van der Waals surface area contributed by atoms with Gasteiger partial charge in [0.15, 0.2) is 0 Å². The molecule has 0 aliphatic carbocycles. The highest BCUT2D eigenvalue weighted by Crippen LogP contribution is 2.21. The van der Waals surface area contributed by atoms with Crippen molar-refractivity contribution >= 4 is 17.8 Å². The van der Waals surface area contributed by atoms with Gasteiger partial charge in [0, 0.05) is 31.2 Å². The molecule has 0 spiro atoms. The number of aromatic nitrogens is 1. The Labute approximate surface area is 114 Å². The van der Waals surface area contributed by atoms with Gasteiger partial charge in [0.2, 0.25) is 0 Å². The first-order valence-electron chi connectivity index (χ1n) is 6.85. The maximum absolute atomic E-state index is 4.02. The molecule has 1 aromatic heterocycles. The zero-order valence-electron chi connectivity index (χ0n) is 11.0. The van der Waals surface area contributed by atoms with E-state index in [1.165, 1.54) is 42.7 Å². The summed E-state index contributed by atoms with van der Waals surface area (Å²) in [7, 11) is 0. The number of hydrogen-bond donors (Lipinski definition) is 0. The maximum Gasteiger partial charge on any atom is 0.0366 e. The van der Waals surface area contributed by atoms with Crippen molar-refractivity contribution in [2.45, 2.75) is 12.8 Å². The highest BCUT2D eigenvalue weighted by atomic mass is 15.1. The molecule has 0 unspecified atom stereocenters. The van der Waals surface area contributed by atoms with Gasteiger partial charge >= 0.3 is 0 Å². The minimum absolute atomic E-state index is 1.18. The van der Waals surface area contributed by atoms with E-state index in [2.05, 4.69) is 46.3 Å². The van der Waals surface area contributed by atoms with Crippen LogP contribution in [0, 0.1) is 0 Å². The smallest absolute Gasteiger partial charge is 0.0366 e. The highest BCUT2D eigenvalue weighted by Gasteiger charge is 2.11. The summed E-state index contributed by atoms with van der Waals surface area (Å²) in [4.78, 5) is 6.47. The molecule has 1 aliphatic rings. The summed E-state index contributed by atoms with van der Waals surface area (Å²) in [5, 5.41) is 0. The van der Waals surface area contributed by atoms with Crippen molar-refractivity contribution in [3.05, 3.63) is 59.9 Å². The third-order valence-electron chi connectivity index (χ3n) is 3.54. The van der Waals surface area contributed by atoms with Crippen LogP contribution in [0.25, 0.3) is 12.2 Å². The Hall–Kier alpha value is -2.09. The van der Waals surface area contributed by atoms with Crippen LogP contribution in [0.1, 0.15) is 24.0 Å². The minimum Gasteiger partial charge on any atom is -0.372 e. The van der Waals surface area contributed by atoms with E-state index in [1.807, 2.05) is 24.5 Å². The molecular formula is C17H18N2. The van der Waals surface area contributed by atoms with E-state index in [0.717, 1.165) is 0 Å². The summed E-state index contributed by atoms with van der Waals surface area (Å²) < 4.78 is 0. The fraction of sp³-hybridized carbons (Fsp3) is 0.235. The molecule has 1 aromatic carbocycles. The Balaban J connectivity index is 1.70. The van der Waals surface area contributed by atoms with Crippen molar-refractivity contribution in [2.24, 2.45) is 0 Å². The number of pyridine rings is 1. The summed E-state index contributed by atoms with van der Waals surface area (Å²) >= 11 is 0. The van der Waals surface area contributed by atoms with Crippen LogP contribution in [0.2, 0.25) is 0 Å². The molecule has 19 heavy (non-hydrogen) atoms. The molecule has 0 bridgehead atoms. The number of benzene rings is 1. The zero-order valence-corrected chi connectivity index (χ0v) is 11.0. The topological polar surface area (TPSA) is 16.1 Å². The molecule has 2 heterocycles. The number of hydrogen-bond acceptors (Lipinski definition) is 2. The Morgan fingerprint density at radius 2 is 1.37 bits per heavy atom. The lowest BCUT2D eigenvalue weighted by Gasteiger charge is -2.17. The Morgan fingerprint density at radius 3 is 2.00 bits per heavy atom. The van der Waals surface area contributed by atoms with Gasteiger partial charge in [-0.25, -0.2) is 0 Å². The van der Waals surface area contributed by atoms with Crippen molar-refractivity contribution < 1.29 is 0 Å². The van der Waals surface area contributed by atoms with Crippen molar-refractivity contribution in [3.63, 3.8) is 0 Å². The van der Waals surface area contributed by atoms with E-state index < -0.39 is 0 Å². The van der Waals surface area contributed by atoms with Crippen molar-refractivity contribution in [1.82, 2.24) is 4.98 Å². The van der Waals surface area contributed by atoms with Crippen molar-refractivity contribution in [2.75, 3.05) is 18.0 Å². The van der Waals surface area contributed by atoms with Crippen molar-refractivity contribution in [3.8, 4) is 0 Å². The number of rotatable bonds is 3. The Kier molecular flexibility index (Phi) is 3.59. The lowest BCUT2D eigenvalue weighted by Crippen LogP contribution is -2.17. The summed E-state index contributed by atoms with van der Waals surface area (Å²) in [6, 6.07) is 12.8. The molecule has 0 saturated carbocycles. The number of anilines is 1.